The third-order valence-corrected chi connectivity index (χ3v) is 4.68. The van der Waals surface area contributed by atoms with Gasteiger partial charge in [-0.2, -0.15) is 4.98 Å². The van der Waals surface area contributed by atoms with Crippen LogP contribution in [0.3, 0.4) is 0 Å². The fourth-order valence-electron chi connectivity index (χ4n) is 3.23. The van der Waals surface area contributed by atoms with Gasteiger partial charge >= 0.3 is 0 Å². The first kappa shape index (κ1) is 18.3. The van der Waals surface area contributed by atoms with Gasteiger partial charge in [0.15, 0.2) is 11.5 Å². The monoisotopic (exact) mass is 356 g/mol. The van der Waals surface area contributed by atoms with E-state index in [0.29, 0.717) is 0 Å². The number of hydrogen-bond donors (Lipinski definition) is 1. The molecule has 0 unspecified atom stereocenters. The van der Waals surface area contributed by atoms with Crippen LogP contribution in [0.1, 0.15) is 36.6 Å². The number of methoxy groups -OCH3 is 2. The Bertz CT molecular complexity index is 764. The lowest BCUT2D eigenvalue weighted by molar-refractivity contribution is 0.353. The van der Waals surface area contributed by atoms with Crippen molar-refractivity contribution in [2.75, 3.05) is 37.5 Å². The highest BCUT2D eigenvalue weighted by Crippen LogP contribution is 2.34. The minimum atomic E-state index is 0.764. The van der Waals surface area contributed by atoms with Gasteiger partial charge in [0.1, 0.15) is 5.82 Å². The number of nitrogens with one attached hydrogen (secondary N) is 1. The summed E-state index contributed by atoms with van der Waals surface area (Å²) in [4.78, 5) is 11.6. The lowest BCUT2D eigenvalue weighted by Gasteiger charge is -2.30. The molecule has 6 heteroatoms. The molecule has 0 fully saturated rings. The fourth-order valence-corrected chi connectivity index (χ4v) is 3.23. The number of unbranched alkanes of at least 4 members (excludes halogenated alkanes) is 1. The maximum absolute atomic E-state index is 5.45. The van der Waals surface area contributed by atoms with Crippen molar-refractivity contribution < 1.29 is 9.47 Å². The molecule has 2 aromatic rings. The first-order chi connectivity index (χ1) is 12.6. The number of aryl methyl sites for hydroxylation is 1. The topological polar surface area (TPSA) is 59.5 Å². The molecule has 140 valence electrons. The van der Waals surface area contributed by atoms with E-state index in [1.165, 1.54) is 11.1 Å². The number of rotatable bonds is 7. The summed E-state index contributed by atoms with van der Waals surface area (Å²) in [6, 6.07) is 6.15. The molecule has 1 aliphatic rings. The molecule has 0 radical (unpaired) electrons. The second-order valence-electron chi connectivity index (χ2n) is 6.62. The van der Waals surface area contributed by atoms with Crippen molar-refractivity contribution in [3.05, 3.63) is 35.0 Å². The third kappa shape index (κ3) is 4.00. The summed E-state index contributed by atoms with van der Waals surface area (Å²) in [5.41, 5.74) is 3.51. The maximum atomic E-state index is 5.45. The highest BCUT2D eigenvalue weighted by Gasteiger charge is 2.21. The number of aromatic nitrogens is 2. The third-order valence-electron chi connectivity index (χ3n) is 4.68. The Labute approximate surface area is 155 Å². The molecule has 3 rings (SSSR count). The first-order valence-electron chi connectivity index (χ1n) is 9.23. The van der Waals surface area contributed by atoms with Crippen LogP contribution in [0.5, 0.6) is 11.5 Å². The highest BCUT2D eigenvalue weighted by molar-refractivity contribution is 5.52. The molecule has 0 aliphatic carbocycles. The van der Waals surface area contributed by atoms with Crippen LogP contribution in [-0.4, -0.2) is 37.3 Å². The molecule has 0 spiro atoms. The molecule has 26 heavy (non-hydrogen) atoms. The second kappa shape index (κ2) is 8.25. The van der Waals surface area contributed by atoms with E-state index in [4.69, 9.17) is 14.5 Å². The van der Waals surface area contributed by atoms with Crippen LogP contribution in [0.2, 0.25) is 0 Å². The van der Waals surface area contributed by atoms with Crippen molar-refractivity contribution >= 4 is 11.8 Å². The molecule has 6 nitrogen and oxygen atoms in total. The van der Waals surface area contributed by atoms with Gasteiger partial charge in [-0.1, -0.05) is 13.3 Å². The van der Waals surface area contributed by atoms with E-state index in [9.17, 15) is 0 Å². The number of anilines is 2. The quantitative estimate of drug-likeness (QED) is 0.765. The molecule has 1 N–H and O–H groups in total. The van der Waals surface area contributed by atoms with E-state index >= 15 is 0 Å². The van der Waals surface area contributed by atoms with Gasteiger partial charge in [-0.15, -0.1) is 0 Å². The van der Waals surface area contributed by atoms with Crippen molar-refractivity contribution in [1.82, 2.24) is 9.97 Å². The SMILES string of the molecule is CCCCNc1cc(C)nc(N2CCc3cc(OC)c(OC)cc3C2)n1. The summed E-state index contributed by atoms with van der Waals surface area (Å²) in [7, 11) is 3.34. The number of ether oxygens (including phenoxy) is 2. The number of hydrogen-bond acceptors (Lipinski definition) is 6. The predicted octanol–water partition coefficient (Wildman–Crippen LogP) is 3.58. The van der Waals surface area contributed by atoms with E-state index in [1.807, 2.05) is 13.0 Å². The number of benzene rings is 1. The van der Waals surface area contributed by atoms with Crippen molar-refractivity contribution in [3.63, 3.8) is 0 Å². The molecule has 0 atom stereocenters. The van der Waals surface area contributed by atoms with E-state index in [1.54, 1.807) is 14.2 Å². The van der Waals surface area contributed by atoms with E-state index in [0.717, 1.165) is 67.9 Å². The minimum Gasteiger partial charge on any atom is -0.493 e. The average Bonchev–Trinajstić information content (AvgIpc) is 2.66. The number of fused-ring (bicyclic) bond motifs is 1. The summed E-state index contributed by atoms with van der Waals surface area (Å²) < 4.78 is 10.9. The smallest absolute Gasteiger partial charge is 0.227 e. The lowest BCUT2D eigenvalue weighted by atomic mass is 9.99. The van der Waals surface area contributed by atoms with Crippen molar-refractivity contribution in [2.24, 2.45) is 0 Å². The largest absolute Gasteiger partial charge is 0.493 e. The van der Waals surface area contributed by atoms with Crippen LogP contribution in [0, 0.1) is 6.92 Å². The summed E-state index contributed by atoms with van der Waals surface area (Å²) in [6.07, 6.45) is 3.24. The average molecular weight is 356 g/mol. The van der Waals surface area contributed by atoms with Gasteiger partial charge in [0, 0.05) is 31.4 Å². The van der Waals surface area contributed by atoms with Gasteiger partial charge in [0.25, 0.3) is 0 Å². The molecular formula is C20H28N4O2. The Morgan fingerprint density at radius 2 is 1.81 bits per heavy atom. The highest BCUT2D eigenvalue weighted by atomic mass is 16.5. The Morgan fingerprint density at radius 1 is 1.08 bits per heavy atom. The molecule has 2 heterocycles. The molecule has 1 aliphatic heterocycles. The van der Waals surface area contributed by atoms with Gasteiger partial charge in [-0.25, -0.2) is 4.98 Å². The minimum absolute atomic E-state index is 0.764. The summed E-state index contributed by atoms with van der Waals surface area (Å²) >= 11 is 0. The zero-order valence-electron chi connectivity index (χ0n) is 16.1. The predicted molar refractivity (Wildman–Crippen MR) is 104 cm³/mol. The normalized spacial score (nSPS) is 13.3. The zero-order valence-corrected chi connectivity index (χ0v) is 16.1. The van der Waals surface area contributed by atoms with E-state index in [2.05, 4.69) is 34.3 Å². The molecule has 1 aromatic carbocycles. The first-order valence-corrected chi connectivity index (χ1v) is 9.23. The van der Waals surface area contributed by atoms with E-state index in [-0.39, 0.29) is 0 Å². The molecule has 0 bridgehead atoms. The lowest BCUT2D eigenvalue weighted by Crippen LogP contribution is -2.32. The Morgan fingerprint density at radius 3 is 2.50 bits per heavy atom. The van der Waals surface area contributed by atoms with E-state index < -0.39 is 0 Å². The Kier molecular flexibility index (Phi) is 5.81. The summed E-state index contributed by atoms with van der Waals surface area (Å²) in [5, 5.41) is 3.40. The molecule has 0 amide bonds. The summed E-state index contributed by atoms with van der Waals surface area (Å²) in [6.45, 7) is 6.80. The van der Waals surface area contributed by atoms with Gasteiger partial charge < -0.3 is 19.7 Å². The van der Waals surface area contributed by atoms with Crippen LogP contribution in [0.15, 0.2) is 18.2 Å². The molecule has 0 saturated carbocycles. The van der Waals surface area contributed by atoms with Crippen molar-refractivity contribution in [1.29, 1.82) is 0 Å². The molecular weight excluding hydrogens is 328 g/mol. The molecule has 1 aromatic heterocycles. The zero-order chi connectivity index (χ0) is 18.5. The standard InChI is InChI=1S/C20H28N4O2/c1-5-6-8-21-19-10-14(2)22-20(23-19)24-9-7-15-11-17(25-3)18(26-4)12-16(15)13-24/h10-12H,5-9,13H2,1-4H3,(H,21,22,23). The number of nitrogens with zero attached hydrogens (tertiary/aromatic N) is 3. The van der Waals surface area contributed by atoms with Crippen molar-refractivity contribution in [2.45, 2.75) is 39.7 Å². The van der Waals surface area contributed by atoms with Crippen LogP contribution >= 0.6 is 0 Å². The maximum Gasteiger partial charge on any atom is 0.227 e. The fraction of sp³-hybridized carbons (Fsp3) is 0.500. The Balaban J connectivity index is 1.82. The van der Waals surface area contributed by atoms with Gasteiger partial charge in [0.2, 0.25) is 5.95 Å². The second-order valence-corrected chi connectivity index (χ2v) is 6.62. The van der Waals surface area contributed by atoms with Gasteiger partial charge in [-0.3, -0.25) is 0 Å². The Hall–Kier alpha value is -2.50. The van der Waals surface area contributed by atoms with Gasteiger partial charge in [0.05, 0.1) is 14.2 Å². The van der Waals surface area contributed by atoms with Crippen LogP contribution in [0.25, 0.3) is 0 Å². The van der Waals surface area contributed by atoms with Crippen LogP contribution in [-0.2, 0) is 13.0 Å². The van der Waals surface area contributed by atoms with Crippen molar-refractivity contribution in [3.8, 4) is 11.5 Å². The summed E-state index contributed by atoms with van der Waals surface area (Å²) in [5.74, 6) is 3.23. The molecule has 0 saturated heterocycles. The van der Waals surface area contributed by atoms with Crippen LogP contribution in [0.4, 0.5) is 11.8 Å². The van der Waals surface area contributed by atoms with Gasteiger partial charge in [-0.05, 0) is 43.0 Å². The van der Waals surface area contributed by atoms with Crippen LogP contribution < -0.4 is 19.7 Å².